The lowest BCUT2D eigenvalue weighted by Crippen LogP contribution is -2.03. The summed E-state index contributed by atoms with van der Waals surface area (Å²) in [4.78, 5) is 35.0. The molecule has 0 aliphatic carbocycles. The van der Waals surface area contributed by atoms with Crippen LogP contribution in [-0.2, 0) is 0 Å². The number of nitrogens with zero attached hydrogens (tertiary/aromatic N) is 8. The van der Waals surface area contributed by atoms with Crippen LogP contribution in [0, 0.1) is 0 Å². The summed E-state index contributed by atoms with van der Waals surface area (Å²) in [5.74, 6) is 0. The zero-order valence-electron chi connectivity index (χ0n) is 23.6. The van der Waals surface area contributed by atoms with Crippen molar-refractivity contribution in [2.75, 3.05) is 26.2 Å². The molecule has 0 saturated carbocycles. The minimum absolute atomic E-state index is 0.659. The Morgan fingerprint density at radius 2 is 0.625 bits per heavy atom. The first-order chi connectivity index (χ1) is 19.5. The van der Waals surface area contributed by atoms with Gasteiger partial charge in [-0.15, -0.1) is 0 Å². The molecule has 0 radical (unpaired) electrons. The van der Waals surface area contributed by atoms with Crippen LogP contribution in [-0.4, -0.2) is 69.0 Å². The van der Waals surface area contributed by atoms with Crippen molar-refractivity contribution in [3.05, 3.63) is 120 Å². The van der Waals surface area contributed by atoms with Gasteiger partial charge in [-0.05, 0) is 76.2 Å². The highest BCUT2D eigenvalue weighted by atomic mass is 14.9. The van der Waals surface area contributed by atoms with Gasteiger partial charge in [-0.25, -0.2) is 0 Å². The molecule has 4 aromatic heterocycles. The van der Waals surface area contributed by atoms with Crippen LogP contribution in [0.3, 0.4) is 0 Å². The normalized spacial score (nSPS) is 12.5. The Hall–Kier alpha value is -4.72. The molecule has 40 heavy (non-hydrogen) atoms. The highest BCUT2D eigenvalue weighted by Gasteiger charge is 1.99. The quantitative estimate of drug-likeness (QED) is 0.196. The molecule has 0 aromatic carbocycles. The lowest BCUT2D eigenvalue weighted by Gasteiger charge is -2.00. The molecule has 204 valence electrons. The highest BCUT2D eigenvalue weighted by Crippen LogP contribution is 2.00. The van der Waals surface area contributed by atoms with E-state index in [1.165, 1.54) is 0 Å². The van der Waals surface area contributed by atoms with Crippen LogP contribution in [0.1, 0.15) is 50.5 Å². The van der Waals surface area contributed by atoms with Crippen LogP contribution in [0.5, 0.6) is 0 Å². The van der Waals surface area contributed by atoms with E-state index in [9.17, 15) is 0 Å². The first-order valence-corrected chi connectivity index (χ1v) is 13.2. The lowest BCUT2D eigenvalue weighted by molar-refractivity contribution is 0.969. The third kappa shape index (κ3) is 10.6. The Bertz CT molecular complexity index is 1180. The summed E-state index contributed by atoms with van der Waals surface area (Å²) < 4.78 is 0. The third-order valence-corrected chi connectivity index (χ3v) is 5.74. The van der Waals surface area contributed by atoms with Gasteiger partial charge in [-0.2, -0.15) is 0 Å². The van der Waals surface area contributed by atoms with Gasteiger partial charge in [0.1, 0.15) is 0 Å². The van der Waals surface area contributed by atoms with Gasteiger partial charge in [-0.1, -0.05) is 24.3 Å². The number of hydrogen-bond acceptors (Lipinski definition) is 8. The molecule has 0 bridgehead atoms. The second-order valence-corrected chi connectivity index (χ2v) is 8.73. The van der Waals surface area contributed by atoms with Crippen LogP contribution in [0.25, 0.3) is 0 Å². The maximum absolute atomic E-state index is 4.49. The molecule has 0 spiro atoms. The molecule has 8 heteroatoms. The van der Waals surface area contributed by atoms with E-state index >= 15 is 0 Å². The van der Waals surface area contributed by atoms with Crippen LogP contribution < -0.4 is 0 Å². The predicted molar refractivity (Wildman–Crippen MR) is 165 cm³/mol. The Labute approximate surface area is 236 Å². The molecule has 4 aromatic rings. The summed E-state index contributed by atoms with van der Waals surface area (Å²) in [6.07, 6.45) is 7.10. The van der Waals surface area contributed by atoms with Crippen molar-refractivity contribution in [3.8, 4) is 0 Å². The van der Waals surface area contributed by atoms with E-state index in [1.54, 1.807) is 24.8 Å². The minimum atomic E-state index is 0.659. The Balaban J connectivity index is 0.000000220. The van der Waals surface area contributed by atoms with Crippen LogP contribution in [0.4, 0.5) is 0 Å². The van der Waals surface area contributed by atoms with Crippen molar-refractivity contribution >= 4 is 22.8 Å². The van der Waals surface area contributed by atoms with E-state index in [2.05, 4.69) is 39.9 Å². The molecular formula is C32H36N8. The monoisotopic (exact) mass is 532 g/mol. The number of aromatic nitrogens is 4. The lowest BCUT2D eigenvalue weighted by atomic mass is 10.2. The van der Waals surface area contributed by atoms with E-state index in [-0.39, 0.29) is 0 Å². The molecule has 8 nitrogen and oxygen atoms in total. The average Bonchev–Trinajstić information content (AvgIpc) is 3.03. The summed E-state index contributed by atoms with van der Waals surface area (Å²) >= 11 is 0. The Kier molecular flexibility index (Phi) is 12.7. The standard InChI is InChI=1S/2C16H18N4/c2*1-13(15-7-3-5-9-19-15)17-11-12-18-14(2)16-8-4-6-10-20-16/h2*3-10H,11-12H2,1-2H3. The van der Waals surface area contributed by atoms with Gasteiger partial charge < -0.3 is 0 Å². The molecule has 4 heterocycles. The largest absolute Gasteiger partial charge is 0.286 e. The van der Waals surface area contributed by atoms with Gasteiger partial charge in [0, 0.05) is 24.8 Å². The average molecular weight is 533 g/mol. The van der Waals surface area contributed by atoms with E-state index in [0.717, 1.165) is 45.6 Å². The van der Waals surface area contributed by atoms with Gasteiger partial charge in [0.25, 0.3) is 0 Å². The van der Waals surface area contributed by atoms with Crippen molar-refractivity contribution < 1.29 is 0 Å². The maximum Gasteiger partial charge on any atom is 0.0837 e. The van der Waals surface area contributed by atoms with Gasteiger partial charge in [0.2, 0.25) is 0 Å². The molecule has 0 aliphatic heterocycles. The van der Waals surface area contributed by atoms with Crippen LogP contribution in [0.15, 0.2) is 118 Å². The van der Waals surface area contributed by atoms with E-state index in [4.69, 9.17) is 0 Å². The van der Waals surface area contributed by atoms with Gasteiger partial charge in [0.15, 0.2) is 0 Å². The summed E-state index contributed by atoms with van der Waals surface area (Å²) in [7, 11) is 0. The van der Waals surface area contributed by atoms with Crippen molar-refractivity contribution in [1.29, 1.82) is 0 Å². The third-order valence-electron chi connectivity index (χ3n) is 5.74. The van der Waals surface area contributed by atoms with Gasteiger partial charge >= 0.3 is 0 Å². The van der Waals surface area contributed by atoms with Gasteiger partial charge in [-0.3, -0.25) is 39.9 Å². The predicted octanol–water partition coefficient (Wildman–Crippen LogP) is 5.59. The zero-order chi connectivity index (χ0) is 28.4. The molecule has 0 saturated heterocycles. The minimum Gasteiger partial charge on any atom is -0.286 e. The second-order valence-electron chi connectivity index (χ2n) is 8.73. The van der Waals surface area contributed by atoms with Crippen LogP contribution in [0.2, 0.25) is 0 Å². The first kappa shape index (κ1) is 29.8. The van der Waals surface area contributed by atoms with Crippen molar-refractivity contribution in [3.63, 3.8) is 0 Å². The van der Waals surface area contributed by atoms with Crippen LogP contribution >= 0.6 is 0 Å². The number of hydrogen-bond donors (Lipinski definition) is 0. The zero-order valence-corrected chi connectivity index (χ0v) is 23.6. The molecule has 0 amide bonds. The van der Waals surface area contributed by atoms with Crippen molar-refractivity contribution in [2.45, 2.75) is 27.7 Å². The summed E-state index contributed by atoms with van der Waals surface area (Å²) in [6, 6.07) is 23.3. The molecule has 0 aliphatic rings. The topological polar surface area (TPSA) is 101 Å². The summed E-state index contributed by atoms with van der Waals surface area (Å²) in [6.45, 7) is 10.5. The summed E-state index contributed by atoms with van der Waals surface area (Å²) in [5, 5.41) is 0. The molecule has 0 N–H and O–H groups in total. The molecule has 0 atom stereocenters. The van der Waals surface area contributed by atoms with E-state index < -0.39 is 0 Å². The summed E-state index contributed by atoms with van der Waals surface area (Å²) in [5.41, 5.74) is 7.42. The maximum atomic E-state index is 4.49. The smallest absolute Gasteiger partial charge is 0.0837 e. The number of rotatable bonds is 10. The SMILES string of the molecule is CC(=NCCN=C(C)c1ccccn1)c1ccccn1.CC(=NCCN=C(C)c1ccccn1)c1ccccn1. The molecule has 0 fully saturated rings. The number of aliphatic imine (C=N–C) groups is 4. The Morgan fingerprint density at radius 1 is 0.400 bits per heavy atom. The molecule has 4 rings (SSSR count). The van der Waals surface area contributed by atoms with Crippen molar-refractivity contribution in [2.24, 2.45) is 20.0 Å². The molecular weight excluding hydrogens is 496 g/mol. The fourth-order valence-electron chi connectivity index (χ4n) is 3.50. The fourth-order valence-corrected chi connectivity index (χ4v) is 3.50. The highest BCUT2D eigenvalue weighted by molar-refractivity contribution is 5.98. The van der Waals surface area contributed by atoms with E-state index in [0.29, 0.717) is 26.2 Å². The first-order valence-electron chi connectivity index (χ1n) is 13.2. The fraction of sp³-hybridized carbons (Fsp3) is 0.250. The van der Waals surface area contributed by atoms with Gasteiger partial charge in [0.05, 0.1) is 71.8 Å². The molecule has 0 unspecified atom stereocenters. The van der Waals surface area contributed by atoms with E-state index in [1.807, 2.05) is 100 Å². The second kappa shape index (κ2) is 17.0. The number of pyridine rings is 4. The van der Waals surface area contributed by atoms with Crippen molar-refractivity contribution in [1.82, 2.24) is 19.9 Å². The Morgan fingerprint density at radius 3 is 0.800 bits per heavy atom.